The van der Waals surface area contributed by atoms with Crippen molar-refractivity contribution in [3.8, 4) is 6.07 Å². The lowest BCUT2D eigenvalue weighted by molar-refractivity contribution is -0.136. The molecule has 3 nitrogen and oxygen atoms in total. The quantitative estimate of drug-likeness (QED) is 0.861. The summed E-state index contributed by atoms with van der Waals surface area (Å²) in [6.45, 7) is 1.51. The van der Waals surface area contributed by atoms with E-state index in [1.54, 1.807) is 6.07 Å². The molecule has 1 N–H and O–H groups in total. The minimum atomic E-state index is -4.48. The van der Waals surface area contributed by atoms with Crippen LogP contribution in [0.25, 0.3) is 0 Å². The molecule has 7 heteroatoms. The largest absolute Gasteiger partial charge is 0.481 e. The lowest BCUT2D eigenvalue weighted by Gasteiger charge is -2.10. The number of benzene rings is 1. The highest BCUT2D eigenvalue weighted by molar-refractivity contribution is 8.00. The van der Waals surface area contributed by atoms with Gasteiger partial charge in [-0.1, -0.05) is 0 Å². The zero-order chi connectivity index (χ0) is 13.9. The van der Waals surface area contributed by atoms with Gasteiger partial charge in [-0.15, -0.1) is 0 Å². The molecule has 0 amide bonds. The van der Waals surface area contributed by atoms with Gasteiger partial charge in [-0.25, -0.2) is 0 Å². The van der Waals surface area contributed by atoms with E-state index in [1.165, 1.54) is 19.1 Å². The second kappa shape index (κ2) is 5.31. The zero-order valence-corrected chi connectivity index (χ0v) is 10.0. The molecule has 0 atom stereocenters. The molecule has 0 aliphatic carbocycles. The Morgan fingerprint density at radius 3 is 2.56 bits per heavy atom. The van der Waals surface area contributed by atoms with Gasteiger partial charge in [-0.2, -0.15) is 18.4 Å². The molecule has 0 spiro atoms. The molecule has 0 aromatic heterocycles. The van der Waals surface area contributed by atoms with Gasteiger partial charge in [0.25, 0.3) is 0 Å². The van der Waals surface area contributed by atoms with E-state index < -0.39 is 11.5 Å². The second-order valence-electron chi connectivity index (χ2n) is 3.50. The molecule has 0 saturated heterocycles. The molecule has 1 rings (SSSR count). The Labute approximate surface area is 105 Å². The Morgan fingerprint density at radius 2 is 2.11 bits per heavy atom. The van der Waals surface area contributed by atoms with Gasteiger partial charge >= 0.3 is 11.5 Å². The summed E-state index contributed by atoms with van der Waals surface area (Å²) in [6.07, 6.45) is -0.322. The first-order chi connectivity index (χ1) is 8.23. The number of carboxylic acids is 1. The first-order valence-electron chi connectivity index (χ1n) is 4.74. The fourth-order valence-electron chi connectivity index (χ4n) is 1.38. The van der Waals surface area contributed by atoms with Crippen molar-refractivity contribution in [2.24, 2.45) is 0 Å². The molecule has 0 unspecified atom stereocenters. The van der Waals surface area contributed by atoms with E-state index in [1.807, 2.05) is 0 Å². The number of aliphatic carboxylic acids is 1. The number of nitriles is 1. The lowest BCUT2D eigenvalue weighted by Crippen LogP contribution is -2.05. The third kappa shape index (κ3) is 3.96. The van der Waals surface area contributed by atoms with Crippen molar-refractivity contribution in [2.75, 3.05) is 0 Å². The molecule has 0 bridgehead atoms. The third-order valence-electron chi connectivity index (χ3n) is 2.13. The molecule has 0 fully saturated rings. The SMILES string of the molecule is Cc1cc(SC(F)(F)F)c(C#N)cc1CC(=O)O. The fourth-order valence-corrected chi connectivity index (χ4v) is 2.08. The van der Waals surface area contributed by atoms with Crippen LogP contribution in [0.3, 0.4) is 0 Å². The molecule has 18 heavy (non-hydrogen) atoms. The van der Waals surface area contributed by atoms with Crippen LogP contribution in [-0.4, -0.2) is 16.6 Å². The summed E-state index contributed by atoms with van der Waals surface area (Å²) in [4.78, 5) is 10.4. The van der Waals surface area contributed by atoms with Crippen LogP contribution in [0.15, 0.2) is 17.0 Å². The average molecular weight is 275 g/mol. The Balaban J connectivity index is 3.19. The van der Waals surface area contributed by atoms with E-state index in [2.05, 4.69) is 0 Å². The van der Waals surface area contributed by atoms with Crippen LogP contribution in [-0.2, 0) is 11.2 Å². The van der Waals surface area contributed by atoms with E-state index in [4.69, 9.17) is 10.4 Å². The van der Waals surface area contributed by atoms with Crippen molar-refractivity contribution >= 4 is 17.7 Å². The summed E-state index contributed by atoms with van der Waals surface area (Å²) < 4.78 is 36.8. The van der Waals surface area contributed by atoms with E-state index in [-0.39, 0.29) is 28.6 Å². The van der Waals surface area contributed by atoms with Crippen LogP contribution in [0.4, 0.5) is 13.2 Å². The van der Waals surface area contributed by atoms with Gasteiger partial charge in [0, 0.05) is 4.90 Å². The van der Waals surface area contributed by atoms with E-state index >= 15 is 0 Å². The number of rotatable bonds is 3. The Kier molecular flexibility index (Phi) is 4.24. The molecule has 0 heterocycles. The van der Waals surface area contributed by atoms with E-state index in [0.717, 1.165) is 0 Å². The van der Waals surface area contributed by atoms with Crippen LogP contribution in [0.1, 0.15) is 16.7 Å². The fraction of sp³-hybridized carbons (Fsp3) is 0.273. The molecule has 0 saturated carbocycles. The summed E-state index contributed by atoms with van der Waals surface area (Å²) >= 11 is -0.376. The maximum Gasteiger partial charge on any atom is 0.446 e. The number of carbonyl (C=O) groups is 1. The lowest BCUT2D eigenvalue weighted by atomic mass is 10.0. The molecular formula is C11H8F3NO2S. The maximum absolute atomic E-state index is 12.3. The highest BCUT2D eigenvalue weighted by Gasteiger charge is 2.30. The van der Waals surface area contributed by atoms with Crippen LogP contribution < -0.4 is 0 Å². The maximum atomic E-state index is 12.3. The number of alkyl halides is 3. The normalized spacial score (nSPS) is 11.1. The molecule has 0 radical (unpaired) electrons. The summed E-state index contributed by atoms with van der Waals surface area (Å²) in [5.74, 6) is -1.10. The van der Waals surface area contributed by atoms with Gasteiger partial charge in [0.1, 0.15) is 6.07 Å². The van der Waals surface area contributed by atoms with Gasteiger partial charge in [0.15, 0.2) is 0 Å². The summed E-state index contributed by atoms with van der Waals surface area (Å²) in [6, 6.07) is 4.03. The van der Waals surface area contributed by atoms with Crippen LogP contribution in [0, 0.1) is 18.3 Å². The number of thioether (sulfide) groups is 1. The number of hydrogen-bond acceptors (Lipinski definition) is 3. The van der Waals surface area contributed by atoms with Gasteiger partial charge in [-0.05, 0) is 41.9 Å². The van der Waals surface area contributed by atoms with E-state index in [0.29, 0.717) is 11.1 Å². The molecule has 96 valence electrons. The highest BCUT2D eigenvalue weighted by atomic mass is 32.2. The van der Waals surface area contributed by atoms with Crippen LogP contribution in [0.2, 0.25) is 0 Å². The number of carboxylic acid groups (broad SMARTS) is 1. The van der Waals surface area contributed by atoms with Crippen LogP contribution >= 0.6 is 11.8 Å². The van der Waals surface area contributed by atoms with Crippen molar-refractivity contribution in [1.82, 2.24) is 0 Å². The molecular weight excluding hydrogens is 267 g/mol. The topological polar surface area (TPSA) is 61.1 Å². The number of halogens is 3. The van der Waals surface area contributed by atoms with Crippen molar-refractivity contribution < 1.29 is 23.1 Å². The minimum absolute atomic E-state index is 0.167. The second-order valence-corrected chi connectivity index (χ2v) is 4.61. The Morgan fingerprint density at radius 1 is 1.50 bits per heavy atom. The number of hydrogen-bond donors (Lipinski definition) is 1. The standard InChI is InChI=1S/C11H8F3NO2S/c1-6-2-9(18-11(12,13)14)8(5-15)3-7(6)4-10(16)17/h2-3H,4H2,1H3,(H,16,17). The van der Waals surface area contributed by atoms with Gasteiger partial charge in [0.05, 0.1) is 12.0 Å². The highest BCUT2D eigenvalue weighted by Crippen LogP contribution is 2.39. The van der Waals surface area contributed by atoms with Gasteiger partial charge in [-0.3, -0.25) is 4.79 Å². The Hall–Kier alpha value is -1.68. The molecule has 1 aromatic carbocycles. The molecule has 0 aliphatic rings. The smallest absolute Gasteiger partial charge is 0.446 e. The molecule has 1 aromatic rings. The predicted molar refractivity (Wildman–Crippen MR) is 59.1 cm³/mol. The summed E-state index contributed by atoms with van der Waals surface area (Å²) in [7, 11) is 0. The average Bonchev–Trinajstić information content (AvgIpc) is 2.19. The monoisotopic (exact) mass is 275 g/mol. The molecule has 0 aliphatic heterocycles. The van der Waals surface area contributed by atoms with Crippen molar-refractivity contribution in [1.29, 1.82) is 5.26 Å². The van der Waals surface area contributed by atoms with Crippen molar-refractivity contribution in [3.05, 3.63) is 28.8 Å². The Bertz CT molecular complexity index is 520. The summed E-state index contributed by atoms with van der Waals surface area (Å²) in [5.41, 5.74) is -3.89. The summed E-state index contributed by atoms with van der Waals surface area (Å²) in [5, 5.41) is 17.4. The zero-order valence-electron chi connectivity index (χ0n) is 9.21. The van der Waals surface area contributed by atoms with Gasteiger partial charge < -0.3 is 5.11 Å². The predicted octanol–water partition coefficient (Wildman–Crippen LogP) is 3.11. The minimum Gasteiger partial charge on any atom is -0.481 e. The van der Waals surface area contributed by atoms with Crippen molar-refractivity contribution in [2.45, 2.75) is 23.7 Å². The third-order valence-corrected chi connectivity index (χ3v) is 2.92. The van der Waals surface area contributed by atoms with E-state index in [9.17, 15) is 18.0 Å². The van der Waals surface area contributed by atoms with Gasteiger partial charge in [0.2, 0.25) is 0 Å². The number of aryl methyl sites for hydroxylation is 1. The van der Waals surface area contributed by atoms with Crippen LogP contribution in [0.5, 0.6) is 0 Å². The first-order valence-corrected chi connectivity index (χ1v) is 5.55. The first kappa shape index (κ1) is 14.4. The van der Waals surface area contributed by atoms with Crippen molar-refractivity contribution in [3.63, 3.8) is 0 Å². The number of nitrogens with zero attached hydrogens (tertiary/aromatic N) is 1.